The van der Waals surface area contributed by atoms with Crippen molar-refractivity contribution >= 4 is 29.5 Å². The van der Waals surface area contributed by atoms with Gasteiger partial charge >= 0.3 is 12.0 Å². The van der Waals surface area contributed by atoms with Crippen LogP contribution >= 0.6 is 0 Å². The highest BCUT2D eigenvalue weighted by atomic mass is 19.1. The van der Waals surface area contributed by atoms with E-state index in [1.54, 1.807) is 0 Å². The molecule has 1 saturated heterocycles. The van der Waals surface area contributed by atoms with Crippen molar-refractivity contribution in [3.8, 4) is 0 Å². The van der Waals surface area contributed by atoms with Crippen LogP contribution < -0.4 is 10.6 Å². The number of carbonyl (C=O) groups is 4. The lowest BCUT2D eigenvalue weighted by atomic mass is 9.73. The van der Waals surface area contributed by atoms with Gasteiger partial charge in [-0.1, -0.05) is 25.8 Å². The van der Waals surface area contributed by atoms with Gasteiger partial charge in [0.15, 0.2) is 6.10 Å². The first-order chi connectivity index (χ1) is 13.7. The van der Waals surface area contributed by atoms with Gasteiger partial charge in [-0.15, -0.1) is 0 Å². The van der Waals surface area contributed by atoms with E-state index < -0.39 is 47.8 Å². The highest BCUT2D eigenvalue weighted by molar-refractivity contribution is 6.09. The Balaban J connectivity index is 1.58. The molecule has 2 fully saturated rings. The highest BCUT2D eigenvalue weighted by Crippen LogP contribution is 2.38. The fourth-order valence-corrected chi connectivity index (χ4v) is 3.87. The number of ether oxygens (including phenoxy) is 1. The van der Waals surface area contributed by atoms with E-state index in [2.05, 4.69) is 10.6 Å². The second-order valence-electron chi connectivity index (χ2n) is 7.57. The zero-order valence-electron chi connectivity index (χ0n) is 16.4. The molecule has 9 heteroatoms. The molecule has 1 aliphatic carbocycles. The van der Waals surface area contributed by atoms with Gasteiger partial charge in [-0.3, -0.25) is 19.3 Å². The molecule has 3 rings (SSSR count). The van der Waals surface area contributed by atoms with E-state index in [9.17, 15) is 23.6 Å². The summed E-state index contributed by atoms with van der Waals surface area (Å²) in [4.78, 5) is 50.4. The smallest absolute Gasteiger partial charge is 0.327 e. The normalized spacial score (nSPS) is 24.9. The number of amides is 4. The van der Waals surface area contributed by atoms with Crippen LogP contribution in [0.4, 0.5) is 14.9 Å². The monoisotopic (exact) mass is 405 g/mol. The average Bonchev–Trinajstić information content (AvgIpc) is 2.89. The topological polar surface area (TPSA) is 105 Å². The van der Waals surface area contributed by atoms with E-state index in [4.69, 9.17) is 4.74 Å². The van der Waals surface area contributed by atoms with Gasteiger partial charge in [-0.25, -0.2) is 9.18 Å². The number of anilines is 1. The van der Waals surface area contributed by atoms with E-state index in [0.29, 0.717) is 6.42 Å². The summed E-state index contributed by atoms with van der Waals surface area (Å²) in [6, 6.07) is 4.66. The summed E-state index contributed by atoms with van der Waals surface area (Å²) in [5.41, 5.74) is -0.740. The maximum absolute atomic E-state index is 13.2. The molecule has 2 aliphatic rings. The zero-order chi connectivity index (χ0) is 21.2. The van der Waals surface area contributed by atoms with Crippen molar-refractivity contribution in [3.63, 3.8) is 0 Å². The number of hydrogen-bond donors (Lipinski definition) is 2. The second-order valence-corrected chi connectivity index (χ2v) is 7.57. The number of nitrogens with zero attached hydrogens (tertiary/aromatic N) is 1. The first-order valence-corrected chi connectivity index (χ1v) is 9.63. The minimum Gasteiger partial charge on any atom is -0.451 e. The first kappa shape index (κ1) is 20.8. The average molecular weight is 405 g/mol. The van der Waals surface area contributed by atoms with Crippen LogP contribution in [0.2, 0.25) is 0 Å². The predicted octanol–water partition coefficient (Wildman–Crippen LogP) is 2.20. The van der Waals surface area contributed by atoms with Crippen LogP contribution in [-0.4, -0.2) is 46.9 Å². The summed E-state index contributed by atoms with van der Waals surface area (Å²) >= 11 is 0. The fourth-order valence-electron chi connectivity index (χ4n) is 3.87. The largest absolute Gasteiger partial charge is 0.451 e. The van der Waals surface area contributed by atoms with Crippen molar-refractivity contribution in [1.29, 1.82) is 0 Å². The Morgan fingerprint density at radius 1 is 1.38 bits per heavy atom. The molecule has 4 amide bonds. The summed E-state index contributed by atoms with van der Waals surface area (Å²) in [6.45, 7) is 2.69. The van der Waals surface area contributed by atoms with Crippen LogP contribution in [0.15, 0.2) is 24.3 Å². The van der Waals surface area contributed by atoms with Crippen molar-refractivity contribution in [3.05, 3.63) is 30.1 Å². The van der Waals surface area contributed by atoms with Crippen LogP contribution in [0.3, 0.4) is 0 Å². The molecular formula is C20H24FN3O5. The molecule has 0 aromatic heterocycles. The van der Waals surface area contributed by atoms with E-state index in [-0.39, 0.29) is 11.6 Å². The lowest BCUT2D eigenvalue weighted by Gasteiger charge is -2.36. The quantitative estimate of drug-likeness (QED) is 0.577. The molecule has 0 bridgehead atoms. The summed E-state index contributed by atoms with van der Waals surface area (Å²) in [7, 11) is 0. The van der Waals surface area contributed by atoms with Crippen molar-refractivity contribution in [1.82, 2.24) is 10.2 Å². The molecular weight excluding hydrogens is 381 g/mol. The minimum absolute atomic E-state index is 0.0234. The molecule has 2 N–H and O–H groups in total. The number of carbonyl (C=O) groups excluding carboxylic acids is 4. The number of rotatable bonds is 5. The highest BCUT2D eigenvalue weighted by Gasteiger charge is 2.55. The van der Waals surface area contributed by atoms with Crippen molar-refractivity contribution < 1.29 is 28.3 Å². The Bertz CT molecular complexity index is 845. The summed E-state index contributed by atoms with van der Waals surface area (Å²) in [5.74, 6) is -2.50. The van der Waals surface area contributed by atoms with Crippen LogP contribution in [0.1, 0.15) is 39.5 Å². The third-order valence-corrected chi connectivity index (χ3v) is 5.56. The number of imide groups is 1. The van der Waals surface area contributed by atoms with Crippen LogP contribution in [0.25, 0.3) is 0 Å². The zero-order valence-corrected chi connectivity index (χ0v) is 16.4. The second kappa shape index (κ2) is 8.18. The number of urea groups is 1. The van der Waals surface area contributed by atoms with Gasteiger partial charge in [0.05, 0.1) is 0 Å². The Morgan fingerprint density at radius 3 is 2.83 bits per heavy atom. The molecule has 3 atom stereocenters. The van der Waals surface area contributed by atoms with Crippen LogP contribution in [-0.2, 0) is 19.1 Å². The number of benzene rings is 1. The third-order valence-electron chi connectivity index (χ3n) is 5.56. The Morgan fingerprint density at radius 2 is 2.14 bits per heavy atom. The Labute approximate surface area is 167 Å². The van der Waals surface area contributed by atoms with E-state index in [0.717, 1.165) is 30.2 Å². The lowest BCUT2D eigenvalue weighted by Crippen LogP contribution is -2.54. The number of esters is 1. The van der Waals surface area contributed by atoms with Crippen molar-refractivity contribution in [2.45, 2.75) is 51.2 Å². The summed E-state index contributed by atoms with van der Waals surface area (Å²) < 4.78 is 18.3. The van der Waals surface area contributed by atoms with Gasteiger partial charge in [0.2, 0.25) is 0 Å². The molecule has 1 aromatic carbocycles. The summed E-state index contributed by atoms with van der Waals surface area (Å²) in [5, 5.41) is 5.19. The van der Waals surface area contributed by atoms with Gasteiger partial charge in [-0.2, -0.15) is 0 Å². The maximum atomic E-state index is 13.2. The SMILES string of the molecule is C[C@H](OC(=O)CN1C(=O)N[C@@]2(CCCC[C@@H]2C)C1=O)C(=O)Nc1cccc(F)c1. The third kappa shape index (κ3) is 4.23. The van der Waals surface area contributed by atoms with Gasteiger partial charge in [0.25, 0.3) is 11.8 Å². The van der Waals surface area contributed by atoms with Gasteiger partial charge in [0.1, 0.15) is 17.9 Å². The molecule has 0 unspecified atom stereocenters. The van der Waals surface area contributed by atoms with E-state index >= 15 is 0 Å². The maximum Gasteiger partial charge on any atom is 0.327 e. The lowest BCUT2D eigenvalue weighted by molar-refractivity contribution is -0.155. The van der Waals surface area contributed by atoms with Gasteiger partial charge in [-0.05, 0) is 43.9 Å². The molecule has 1 aliphatic heterocycles. The molecule has 1 heterocycles. The van der Waals surface area contributed by atoms with E-state index in [1.807, 2.05) is 6.92 Å². The Hall–Kier alpha value is -2.97. The molecule has 156 valence electrons. The van der Waals surface area contributed by atoms with Crippen molar-refractivity contribution in [2.75, 3.05) is 11.9 Å². The molecule has 1 aromatic rings. The molecule has 8 nitrogen and oxygen atoms in total. The number of hydrogen-bond acceptors (Lipinski definition) is 5. The predicted molar refractivity (Wildman–Crippen MR) is 101 cm³/mol. The molecule has 29 heavy (non-hydrogen) atoms. The molecule has 1 spiro atoms. The standard InChI is InChI=1S/C20H24FN3O5/c1-12-6-3-4-9-20(12)18(27)24(19(28)23-20)11-16(25)29-13(2)17(26)22-15-8-5-7-14(21)10-15/h5,7-8,10,12-13H,3-4,6,9,11H2,1-2H3,(H,22,26)(H,23,28)/t12-,13-,20+/m0/s1. The van der Waals surface area contributed by atoms with Gasteiger partial charge < -0.3 is 15.4 Å². The molecule has 1 saturated carbocycles. The number of nitrogens with one attached hydrogen (secondary N) is 2. The van der Waals surface area contributed by atoms with Crippen LogP contribution in [0.5, 0.6) is 0 Å². The number of halogens is 1. The Kier molecular flexibility index (Phi) is 5.86. The van der Waals surface area contributed by atoms with Gasteiger partial charge in [0, 0.05) is 5.69 Å². The fraction of sp³-hybridized carbons (Fsp3) is 0.500. The minimum atomic E-state index is -1.19. The molecule has 0 radical (unpaired) electrons. The summed E-state index contributed by atoms with van der Waals surface area (Å²) in [6.07, 6.45) is 1.99. The van der Waals surface area contributed by atoms with Crippen molar-refractivity contribution in [2.24, 2.45) is 5.92 Å². The van der Waals surface area contributed by atoms with Crippen LogP contribution in [0, 0.1) is 11.7 Å². The first-order valence-electron chi connectivity index (χ1n) is 9.63. The van der Waals surface area contributed by atoms with E-state index in [1.165, 1.54) is 25.1 Å².